The molecule has 5 nitrogen and oxygen atoms in total. The molecule has 1 aromatic carbocycles. The van der Waals surface area contributed by atoms with E-state index >= 15 is 0 Å². The monoisotopic (exact) mass is 310 g/mol. The highest BCUT2D eigenvalue weighted by molar-refractivity contribution is 7.89. The van der Waals surface area contributed by atoms with Gasteiger partial charge in [-0.2, -0.15) is 4.31 Å². The molecule has 0 saturated carbocycles. The Morgan fingerprint density at radius 2 is 2.00 bits per heavy atom. The molecular weight excluding hydrogens is 288 g/mol. The van der Waals surface area contributed by atoms with Crippen molar-refractivity contribution >= 4 is 10.0 Å². The van der Waals surface area contributed by atoms with Gasteiger partial charge in [-0.1, -0.05) is 11.6 Å². The highest BCUT2D eigenvalue weighted by Crippen LogP contribution is 2.22. The fraction of sp³-hybridized carbons (Fsp3) is 0.467. The zero-order valence-electron chi connectivity index (χ0n) is 12.5. The van der Waals surface area contributed by atoms with E-state index in [0.717, 1.165) is 13.0 Å². The van der Waals surface area contributed by atoms with Gasteiger partial charge in [0.25, 0.3) is 0 Å². The average Bonchev–Trinajstić information content (AvgIpc) is 2.48. The third-order valence-electron chi connectivity index (χ3n) is 3.48. The molecule has 1 aliphatic heterocycles. The molecule has 1 heterocycles. The molecule has 21 heavy (non-hydrogen) atoms. The molecular formula is C15H22N2O3S. The Kier molecular flexibility index (Phi) is 5.39. The van der Waals surface area contributed by atoms with Crippen LogP contribution in [0.2, 0.25) is 0 Å². The van der Waals surface area contributed by atoms with Crippen LogP contribution in [-0.2, 0) is 10.0 Å². The van der Waals surface area contributed by atoms with Crippen LogP contribution < -0.4 is 10.1 Å². The van der Waals surface area contributed by atoms with E-state index in [-0.39, 0.29) is 0 Å². The van der Waals surface area contributed by atoms with Crippen LogP contribution in [0.15, 0.2) is 40.8 Å². The first-order chi connectivity index (χ1) is 10.0. The summed E-state index contributed by atoms with van der Waals surface area (Å²) in [5.41, 5.74) is 1.25. The summed E-state index contributed by atoms with van der Waals surface area (Å²) in [6, 6.07) is 6.62. The van der Waals surface area contributed by atoms with Crippen molar-refractivity contribution in [3.8, 4) is 5.75 Å². The van der Waals surface area contributed by atoms with Crippen molar-refractivity contribution in [2.45, 2.75) is 18.2 Å². The zero-order chi connectivity index (χ0) is 15.3. The van der Waals surface area contributed by atoms with Gasteiger partial charge in [0.15, 0.2) is 0 Å². The van der Waals surface area contributed by atoms with Gasteiger partial charge in [0.2, 0.25) is 10.0 Å². The average molecular weight is 310 g/mol. The minimum absolute atomic E-state index is 0.316. The molecule has 2 rings (SSSR count). The fourth-order valence-electron chi connectivity index (χ4n) is 2.10. The van der Waals surface area contributed by atoms with Crippen molar-refractivity contribution in [1.29, 1.82) is 0 Å². The van der Waals surface area contributed by atoms with Crippen LogP contribution >= 0.6 is 0 Å². The number of hydrogen-bond donors (Lipinski definition) is 1. The number of benzene rings is 1. The predicted octanol–water partition coefficient (Wildman–Crippen LogP) is 1.63. The number of likely N-dealkylation sites (N-methyl/N-ethyl adjacent to an activating group) is 1. The van der Waals surface area contributed by atoms with Crippen molar-refractivity contribution in [2.75, 3.05) is 33.3 Å². The zero-order valence-corrected chi connectivity index (χ0v) is 13.3. The largest absolute Gasteiger partial charge is 0.492 e. The maximum Gasteiger partial charge on any atom is 0.243 e. The molecule has 116 valence electrons. The third-order valence-corrected chi connectivity index (χ3v) is 5.36. The van der Waals surface area contributed by atoms with Crippen LogP contribution in [0.5, 0.6) is 5.75 Å². The van der Waals surface area contributed by atoms with E-state index in [9.17, 15) is 8.42 Å². The molecule has 0 unspecified atom stereocenters. The van der Waals surface area contributed by atoms with Crippen LogP contribution in [0.1, 0.15) is 13.3 Å². The Balaban J connectivity index is 2.07. The fourth-order valence-corrected chi connectivity index (χ4v) is 3.48. The first-order valence-electron chi connectivity index (χ1n) is 7.07. The van der Waals surface area contributed by atoms with Gasteiger partial charge in [0.1, 0.15) is 12.4 Å². The second-order valence-electron chi connectivity index (χ2n) is 5.09. The molecule has 0 saturated heterocycles. The van der Waals surface area contributed by atoms with Gasteiger partial charge in [-0.3, -0.25) is 0 Å². The lowest BCUT2D eigenvalue weighted by atomic mass is 10.1. The molecule has 0 bridgehead atoms. The van der Waals surface area contributed by atoms with E-state index in [1.54, 1.807) is 24.3 Å². The minimum Gasteiger partial charge on any atom is -0.492 e. The van der Waals surface area contributed by atoms with Crippen molar-refractivity contribution in [1.82, 2.24) is 9.62 Å². The number of nitrogens with zero attached hydrogens (tertiary/aromatic N) is 1. The summed E-state index contributed by atoms with van der Waals surface area (Å²) in [5.74, 6) is 0.679. The maximum atomic E-state index is 12.5. The number of ether oxygens (including phenoxy) is 1. The summed E-state index contributed by atoms with van der Waals surface area (Å²) in [7, 11) is -1.55. The first-order valence-corrected chi connectivity index (χ1v) is 8.51. The van der Waals surface area contributed by atoms with E-state index in [1.165, 1.54) is 9.88 Å². The van der Waals surface area contributed by atoms with Crippen molar-refractivity contribution < 1.29 is 13.2 Å². The van der Waals surface area contributed by atoms with Crippen LogP contribution in [0.3, 0.4) is 0 Å². The van der Waals surface area contributed by atoms with Gasteiger partial charge in [-0.25, -0.2) is 8.42 Å². The Bertz CT molecular complexity index is 594. The van der Waals surface area contributed by atoms with Crippen molar-refractivity contribution in [2.24, 2.45) is 0 Å². The van der Waals surface area contributed by atoms with Crippen LogP contribution in [-0.4, -0.2) is 46.0 Å². The summed E-state index contributed by atoms with van der Waals surface area (Å²) < 4.78 is 32.0. The van der Waals surface area contributed by atoms with E-state index in [4.69, 9.17) is 4.74 Å². The maximum absolute atomic E-state index is 12.5. The van der Waals surface area contributed by atoms with Crippen LogP contribution in [0, 0.1) is 0 Å². The summed E-state index contributed by atoms with van der Waals surface area (Å²) >= 11 is 0. The lowest BCUT2D eigenvalue weighted by Gasteiger charge is -2.24. The Morgan fingerprint density at radius 3 is 2.57 bits per heavy atom. The van der Waals surface area contributed by atoms with Crippen molar-refractivity contribution in [3.05, 3.63) is 35.9 Å². The standard InChI is InChI=1S/C15H22N2O3S/c1-13-7-10-17(11-8-13)21(18,19)15-5-3-14(4-6-15)20-12-9-16-2/h3-7,16H,8-12H2,1-2H3. The highest BCUT2D eigenvalue weighted by Gasteiger charge is 2.25. The molecule has 6 heteroatoms. The molecule has 0 amide bonds. The van der Waals surface area contributed by atoms with Gasteiger partial charge in [-0.05, 0) is 44.7 Å². The Hall–Kier alpha value is -1.37. The highest BCUT2D eigenvalue weighted by atomic mass is 32.2. The van der Waals surface area contributed by atoms with Gasteiger partial charge in [0, 0.05) is 19.6 Å². The summed E-state index contributed by atoms with van der Waals surface area (Å²) in [6.45, 7) is 4.33. The second-order valence-corrected chi connectivity index (χ2v) is 7.02. The molecule has 0 radical (unpaired) electrons. The number of rotatable bonds is 6. The summed E-state index contributed by atoms with van der Waals surface area (Å²) in [4.78, 5) is 0.316. The van der Waals surface area contributed by atoms with E-state index < -0.39 is 10.0 Å². The van der Waals surface area contributed by atoms with E-state index in [2.05, 4.69) is 5.32 Å². The van der Waals surface area contributed by atoms with Gasteiger partial charge in [0.05, 0.1) is 4.90 Å². The molecule has 0 atom stereocenters. The number of sulfonamides is 1. The number of nitrogens with one attached hydrogen (secondary N) is 1. The molecule has 0 spiro atoms. The molecule has 0 aliphatic carbocycles. The number of hydrogen-bond acceptors (Lipinski definition) is 4. The van der Waals surface area contributed by atoms with E-state index in [1.807, 2.05) is 20.0 Å². The summed E-state index contributed by atoms with van der Waals surface area (Å²) in [6.07, 6.45) is 2.76. The lowest BCUT2D eigenvalue weighted by molar-refractivity contribution is 0.318. The van der Waals surface area contributed by atoms with Crippen LogP contribution in [0.4, 0.5) is 0 Å². The first kappa shape index (κ1) is 16.0. The molecule has 0 fully saturated rings. The van der Waals surface area contributed by atoms with Crippen LogP contribution in [0.25, 0.3) is 0 Å². The SMILES string of the molecule is CNCCOc1ccc(S(=O)(=O)N2CC=C(C)CC2)cc1. The molecule has 1 N–H and O–H groups in total. The normalized spacial score (nSPS) is 16.6. The third kappa shape index (κ3) is 4.06. The second kappa shape index (κ2) is 7.06. The van der Waals surface area contributed by atoms with Gasteiger partial charge >= 0.3 is 0 Å². The topological polar surface area (TPSA) is 58.6 Å². The molecule has 1 aromatic rings. The lowest BCUT2D eigenvalue weighted by Crippen LogP contribution is -2.34. The van der Waals surface area contributed by atoms with E-state index in [0.29, 0.717) is 30.3 Å². The van der Waals surface area contributed by atoms with Crippen molar-refractivity contribution in [3.63, 3.8) is 0 Å². The Morgan fingerprint density at radius 1 is 1.29 bits per heavy atom. The summed E-state index contributed by atoms with van der Waals surface area (Å²) in [5, 5.41) is 2.99. The molecule has 0 aromatic heterocycles. The minimum atomic E-state index is -3.41. The van der Waals surface area contributed by atoms with Gasteiger partial charge in [-0.15, -0.1) is 0 Å². The Labute approximate surface area is 126 Å². The predicted molar refractivity (Wildman–Crippen MR) is 83.0 cm³/mol. The quantitative estimate of drug-likeness (QED) is 0.641. The molecule has 1 aliphatic rings. The van der Waals surface area contributed by atoms with Gasteiger partial charge < -0.3 is 10.1 Å². The smallest absolute Gasteiger partial charge is 0.243 e.